The van der Waals surface area contributed by atoms with Crippen LogP contribution in [0.25, 0.3) is 84.9 Å². The molecule has 10 aromatic carbocycles. The second kappa shape index (κ2) is 15.0. The van der Waals surface area contributed by atoms with Crippen molar-refractivity contribution in [2.75, 3.05) is 9.80 Å². The highest BCUT2D eigenvalue weighted by atomic mass is 32.1. The normalized spacial score (nSPS) is 12.3. The van der Waals surface area contributed by atoms with Crippen LogP contribution in [0.4, 0.5) is 34.1 Å². The van der Waals surface area contributed by atoms with Crippen LogP contribution >= 0.6 is 22.7 Å². The molecular weight excluding hydrogens is 813 g/mol. The number of benzene rings is 10. The minimum absolute atomic E-state index is 1.11. The third-order valence-corrected chi connectivity index (χ3v) is 15.1. The molecule has 0 atom stereocenters. The summed E-state index contributed by atoms with van der Waals surface area (Å²) in [5.41, 5.74) is 16.2. The first kappa shape index (κ1) is 36.9. The van der Waals surface area contributed by atoms with E-state index >= 15 is 0 Å². The van der Waals surface area contributed by atoms with Crippen molar-refractivity contribution in [3.63, 3.8) is 0 Å². The molecule has 12 aromatic rings. The number of rotatable bonds is 2. The van der Waals surface area contributed by atoms with Crippen LogP contribution in [-0.4, -0.2) is 0 Å². The summed E-state index contributed by atoms with van der Waals surface area (Å²) >= 11 is 3.71. The molecule has 0 radical (unpaired) electrons. The van der Waals surface area contributed by atoms with Crippen LogP contribution in [-0.2, 0) is 0 Å². The summed E-state index contributed by atoms with van der Waals surface area (Å²) in [5.74, 6) is 0. The Kier molecular flexibility index (Phi) is 8.61. The van der Waals surface area contributed by atoms with Crippen molar-refractivity contribution in [3.8, 4) is 44.5 Å². The van der Waals surface area contributed by atoms with Crippen LogP contribution < -0.4 is 9.80 Å². The van der Waals surface area contributed by atoms with Gasteiger partial charge in [0.05, 0.1) is 0 Å². The molecule has 0 aliphatic carbocycles. The second-order valence-electron chi connectivity index (χ2n) is 16.5. The third-order valence-electron chi connectivity index (χ3n) is 12.8. The van der Waals surface area contributed by atoms with Gasteiger partial charge in [0.15, 0.2) is 0 Å². The molecule has 0 N–H and O–H groups in total. The van der Waals surface area contributed by atoms with Crippen LogP contribution in [0.15, 0.2) is 231 Å². The maximum absolute atomic E-state index is 2.39. The Bertz CT molecular complexity index is 3330. The quantitative estimate of drug-likeness (QED) is 0.171. The number of fused-ring (bicyclic) bond motifs is 6. The van der Waals surface area contributed by atoms with Crippen LogP contribution in [0.1, 0.15) is 0 Å². The molecule has 0 unspecified atom stereocenters. The smallest absolute Gasteiger partial charge is 0.0468 e. The fourth-order valence-corrected chi connectivity index (χ4v) is 11.9. The fourth-order valence-electron chi connectivity index (χ4n) is 9.73. The van der Waals surface area contributed by atoms with E-state index in [-0.39, 0.29) is 0 Å². The van der Waals surface area contributed by atoms with E-state index in [1.165, 1.54) is 84.9 Å². The lowest BCUT2D eigenvalue weighted by Gasteiger charge is -2.27. The average Bonchev–Trinajstić information content (AvgIpc) is 3.93. The van der Waals surface area contributed by atoms with Crippen LogP contribution in [0.5, 0.6) is 0 Å². The molecule has 2 aromatic heterocycles. The summed E-state index contributed by atoms with van der Waals surface area (Å²) in [6, 6.07) is 85.3. The van der Waals surface area contributed by atoms with Gasteiger partial charge in [0.1, 0.15) is 0 Å². The molecule has 7 aliphatic rings. The van der Waals surface area contributed by atoms with E-state index in [1.807, 2.05) is 22.7 Å². The first-order valence-corrected chi connectivity index (χ1v) is 23.4. The summed E-state index contributed by atoms with van der Waals surface area (Å²) in [4.78, 5) is 4.79. The topological polar surface area (TPSA) is 6.48 Å². The van der Waals surface area contributed by atoms with Gasteiger partial charge in [0, 0.05) is 74.5 Å². The number of hydrogen-bond donors (Lipinski definition) is 0. The van der Waals surface area contributed by atoms with Gasteiger partial charge in [-0.3, -0.25) is 0 Å². The van der Waals surface area contributed by atoms with E-state index in [1.54, 1.807) is 0 Å². The zero-order valence-corrected chi connectivity index (χ0v) is 36.3. The number of hydrogen-bond acceptors (Lipinski definition) is 4. The molecule has 8 bridgehead atoms. The van der Waals surface area contributed by atoms with E-state index in [4.69, 9.17) is 0 Å². The van der Waals surface area contributed by atoms with Gasteiger partial charge in [-0.15, -0.1) is 22.7 Å². The zero-order chi connectivity index (χ0) is 42.1. The molecule has 0 saturated heterocycles. The Morgan fingerprint density at radius 2 is 0.484 bits per heavy atom. The Morgan fingerprint density at radius 1 is 0.219 bits per heavy atom. The summed E-state index contributed by atoms with van der Waals surface area (Å²) in [5, 5.41) is 5.16. The van der Waals surface area contributed by atoms with Crippen LogP contribution in [0.3, 0.4) is 0 Å². The summed E-state index contributed by atoms with van der Waals surface area (Å²) in [6.45, 7) is 0. The minimum Gasteiger partial charge on any atom is -0.310 e. The predicted molar refractivity (Wildman–Crippen MR) is 277 cm³/mol. The fraction of sp³-hybridized carbons (Fsp3) is 0. The van der Waals surface area contributed by atoms with Gasteiger partial charge in [0.2, 0.25) is 0 Å². The lowest BCUT2D eigenvalue weighted by molar-refractivity contribution is 1.29. The molecule has 300 valence electrons. The maximum atomic E-state index is 2.39. The van der Waals surface area contributed by atoms with Crippen LogP contribution in [0, 0.1) is 0 Å². The Balaban J connectivity index is 0.994. The largest absolute Gasteiger partial charge is 0.310 e. The molecule has 0 spiro atoms. The molecular formula is C60H38N2S2. The molecule has 7 aliphatic heterocycles. The number of anilines is 6. The maximum Gasteiger partial charge on any atom is 0.0468 e. The molecule has 2 nitrogen and oxygen atoms in total. The van der Waals surface area contributed by atoms with Crippen molar-refractivity contribution in [1.29, 1.82) is 0 Å². The van der Waals surface area contributed by atoms with E-state index in [9.17, 15) is 0 Å². The summed E-state index contributed by atoms with van der Waals surface area (Å²) < 4.78 is 5.21. The van der Waals surface area contributed by atoms with Crippen molar-refractivity contribution < 1.29 is 0 Å². The highest BCUT2D eigenvalue weighted by Gasteiger charge is 2.20. The van der Waals surface area contributed by atoms with Gasteiger partial charge in [-0.05, 0) is 142 Å². The standard InChI is InChI=1S/C60H38N2S2/c1-2-10-50-40-19-27-44(28-20-40)62(48-34-36-60-56(38-48)54-14-6-8-16-58(54)64-60)46-31-23-42(24-32-46)52-12-4-3-11-51(52)41-21-29-45(30-22-41)61(43-25-17-39(18-26-43)49(50)9-1)47-33-35-59-55(37-47)53-13-5-7-15-57(53)63-59/h1-38H. The van der Waals surface area contributed by atoms with Crippen molar-refractivity contribution in [2.24, 2.45) is 0 Å². The number of nitrogens with zero attached hydrogens (tertiary/aromatic N) is 2. The second-order valence-corrected chi connectivity index (χ2v) is 18.7. The minimum atomic E-state index is 1.11. The van der Waals surface area contributed by atoms with E-state index < -0.39 is 0 Å². The molecule has 0 amide bonds. The van der Waals surface area contributed by atoms with Gasteiger partial charge in [0.25, 0.3) is 0 Å². The zero-order valence-electron chi connectivity index (χ0n) is 34.7. The summed E-state index contributed by atoms with van der Waals surface area (Å²) in [7, 11) is 0. The van der Waals surface area contributed by atoms with Gasteiger partial charge >= 0.3 is 0 Å². The molecule has 0 saturated carbocycles. The lowest BCUT2D eigenvalue weighted by atomic mass is 9.93. The highest BCUT2D eigenvalue weighted by molar-refractivity contribution is 7.26. The number of thiophene rings is 2. The van der Waals surface area contributed by atoms with Crippen molar-refractivity contribution in [2.45, 2.75) is 0 Å². The van der Waals surface area contributed by atoms with E-state index in [0.29, 0.717) is 0 Å². The lowest BCUT2D eigenvalue weighted by Crippen LogP contribution is -2.10. The monoisotopic (exact) mass is 850 g/mol. The third kappa shape index (κ3) is 6.14. The van der Waals surface area contributed by atoms with Crippen LogP contribution in [0.2, 0.25) is 0 Å². The van der Waals surface area contributed by atoms with Crippen molar-refractivity contribution in [3.05, 3.63) is 231 Å². The predicted octanol–water partition coefficient (Wildman–Crippen LogP) is 18.3. The van der Waals surface area contributed by atoms with Gasteiger partial charge in [-0.2, -0.15) is 0 Å². The SMILES string of the molecule is c1ccc2c(c1)-c1ccc(cc1)N(c1ccc3sc4ccccc4c3c1)c1ccc(cc1)-c1ccccc1-c1ccc(cc1)N(c1ccc3sc4ccccc4c3c1)c1ccc-2cc1. The summed E-state index contributed by atoms with van der Waals surface area (Å²) in [6.07, 6.45) is 0. The Hall–Kier alpha value is -7.76. The first-order valence-electron chi connectivity index (χ1n) is 21.7. The van der Waals surface area contributed by atoms with Crippen molar-refractivity contribution >= 4 is 97.1 Å². The molecule has 4 heteroatoms. The van der Waals surface area contributed by atoms with Gasteiger partial charge in [-0.25, -0.2) is 0 Å². The molecule has 9 heterocycles. The Morgan fingerprint density at radius 3 is 0.812 bits per heavy atom. The van der Waals surface area contributed by atoms with Crippen molar-refractivity contribution in [1.82, 2.24) is 0 Å². The molecule has 0 fully saturated rings. The van der Waals surface area contributed by atoms with E-state index in [0.717, 1.165) is 34.1 Å². The van der Waals surface area contributed by atoms with E-state index in [2.05, 4.69) is 240 Å². The average molecular weight is 851 g/mol. The highest BCUT2D eigenvalue weighted by Crippen LogP contribution is 2.45. The molecule has 64 heavy (non-hydrogen) atoms. The Labute approximate surface area is 379 Å². The van der Waals surface area contributed by atoms with Gasteiger partial charge < -0.3 is 9.80 Å². The first-order chi connectivity index (χ1) is 31.7. The van der Waals surface area contributed by atoms with Gasteiger partial charge in [-0.1, -0.05) is 133 Å². The molecule has 19 rings (SSSR count).